The van der Waals surface area contributed by atoms with Crippen molar-refractivity contribution in [1.82, 2.24) is 0 Å². The lowest BCUT2D eigenvalue weighted by Crippen LogP contribution is -2.61. The number of fused-ring (bicyclic) bond motifs is 9. The molecule has 1 aliphatic carbocycles. The average molecular weight is 825 g/mol. The maximum Gasteiger partial charge on any atom is 0.333 e. The highest BCUT2D eigenvalue weighted by atomic mass is 32.1. The number of hydrogen-bond donors (Lipinski definition) is 0. The van der Waals surface area contributed by atoms with Gasteiger partial charge in [-0.3, -0.25) is 0 Å². The topological polar surface area (TPSA) is 6.48 Å². The van der Waals surface area contributed by atoms with Crippen LogP contribution in [0.2, 0.25) is 0 Å². The molecule has 0 saturated carbocycles. The van der Waals surface area contributed by atoms with E-state index in [9.17, 15) is 0 Å². The van der Waals surface area contributed by atoms with E-state index in [0.717, 1.165) is 25.7 Å². The molecule has 62 heavy (non-hydrogen) atoms. The lowest BCUT2D eigenvalue weighted by Gasteiger charge is -2.48. The molecule has 3 aliphatic rings. The van der Waals surface area contributed by atoms with E-state index in [2.05, 4.69) is 191 Å². The van der Waals surface area contributed by atoms with E-state index in [0.29, 0.717) is 0 Å². The first-order valence-corrected chi connectivity index (χ1v) is 24.1. The van der Waals surface area contributed by atoms with Crippen LogP contribution >= 0.6 is 11.3 Å². The van der Waals surface area contributed by atoms with Crippen molar-refractivity contribution in [2.24, 2.45) is 0 Å². The van der Waals surface area contributed by atoms with Crippen LogP contribution in [0.15, 0.2) is 140 Å². The van der Waals surface area contributed by atoms with Crippen LogP contribution in [0, 0.1) is 0 Å². The molecule has 0 spiro atoms. The third kappa shape index (κ3) is 6.19. The van der Waals surface area contributed by atoms with E-state index >= 15 is 0 Å². The predicted molar refractivity (Wildman–Crippen MR) is 271 cm³/mol. The summed E-state index contributed by atoms with van der Waals surface area (Å²) in [6, 6.07) is 54.3. The van der Waals surface area contributed by atoms with Crippen molar-refractivity contribution in [2.75, 3.05) is 9.71 Å². The molecule has 308 valence electrons. The Morgan fingerprint density at radius 1 is 0.565 bits per heavy atom. The number of thiophene rings is 1. The molecule has 11 rings (SSSR count). The molecule has 0 saturated heterocycles. The SMILES string of the molecule is CCCCc1ccc(N2c3cc(CCCC)cc4c3B(c3ccc5sc6ccccc6c5c32)N(c2ccccc2)c2cc3c(cc2-4)C(C)(C)CCC3(C)C)c(-c2ccccc2)c1. The van der Waals surface area contributed by atoms with E-state index in [1.54, 1.807) is 0 Å². The van der Waals surface area contributed by atoms with E-state index in [-0.39, 0.29) is 17.7 Å². The lowest BCUT2D eigenvalue weighted by atomic mass is 9.43. The molecule has 8 aromatic rings. The van der Waals surface area contributed by atoms with Crippen LogP contribution in [0.1, 0.15) is 102 Å². The van der Waals surface area contributed by atoms with Gasteiger partial charge in [0.1, 0.15) is 0 Å². The van der Waals surface area contributed by atoms with Crippen molar-refractivity contribution < 1.29 is 0 Å². The summed E-state index contributed by atoms with van der Waals surface area (Å²) in [5, 5.41) is 2.69. The average Bonchev–Trinajstić information content (AvgIpc) is 3.68. The first-order chi connectivity index (χ1) is 30.2. The van der Waals surface area contributed by atoms with Gasteiger partial charge in [0, 0.05) is 48.4 Å². The molecular formula is C58H57BN2S. The monoisotopic (exact) mass is 824 g/mol. The van der Waals surface area contributed by atoms with Crippen LogP contribution in [0.4, 0.5) is 28.4 Å². The zero-order valence-electron chi connectivity index (χ0n) is 37.3. The summed E-state index contributed by atoms with van der Waals surface area (Å²) < 4.78 is 2.67. The fraction of sp³-hybridized carbons (Fsp3) is 0.276. The van der Waals surface area contributed by atoms with Gasteiger partial charge in [-0.15, -0.1) is 11.3 Å². The minimum atomic E-state index is -0.0359. The number of rotatable bonds is 9. The normalized spacial score (nSPS) is 15.7. The number of aryl methyl sites for hydroxylation is 2. The van der Waals surface area contributed by atoms with Gasteiger partial charge in [-0.2, -0.15) is 0 Å². The molecule has 0 atom stereocenters. The molecule has 0 amide bonds. The molecule has 3 heterocycles. The van der Waals surface area contributed by atoms with Crippen LogP contribution in [-0.4, -0.2) is 6.85 Å². The van der Waals surface area contributed by atoms with Crippen LogP contribution in [0.25, 0.3) is 42.4 Å². The summed E-state index contributed by atoms with van der Waals surface area (Å²) in [7, 11) is 0. The predicted octanol–water partition coefficient (Wildman–Crippen LogP) is 15.5. The molecule has 1 aromatic heterocycles. The maximum atomic E-state index is 2.73. The van der Waals surface area contributed by atoms with Gasteiger partial charge in [0.25, 0.3) is 0 Å². The van der Waals surface area contributed by atoms with E-state index in [1.165, 1.54) is 130 Å². The highest BCUT2D eigenvalue weighted by Gasteiger charge is 2.48. The Hall–Kier alpha value is -5.58. The molecule has 0 unspecified atom stereocenters. The minimum Gasteiger partial charge on any atom is -0.376 e. The summed E-state index contributed by atoms with van der Waals surface area (Å²) in [6.45, 7) is 14.5. The highest BCUT2D eigenvalue weighted by Crippen LogP contribution is 2.55. The lowest BCUT2D eigenvalue weighted by molar-refractivity contribution is 0.332. The van der Waals surface area contributed by atoms with E-state index in [1.807, 2.05) is 11.3 Å². The Bertz CT molecular complexity index is 3010. The van der Waals surface area contributed by atoms with Crippen LogP contribution in [-0.2, 0) is 23.7 Å². The van der Waals surface area contributed by atoms with Gasteiger partial charge < -0.3 is 9.71 Å². The highest BCUT2D eigenvalue weighted by molar-refractivity contribution is 7.26. The summed E-state index contributed by atoms with van der Waals surface area (Å²) in [5.74, 6) is 0. The van der Waals surface area contributed by atoms with Gasteiger partial charge in [0.15, 0.2) is 0 Å². The fourth-order valence-corrected chi connectivity index (χ4v) is 12.3. The smallest absolute Gasteiger partial charge is 0.333 e. The fourth-order valence-electron chi connectivity index (χ4n) is 11.2. The van der Waals surface area contributed by atoms with Crippen molar-refractivity contribution in [2.45, 2.75) is 104 Å². The summed E-state index contributed by atoms with van der Waals surface area (Å²) in [6.07, 6.45) is 9.19. The van der Waals surface area contributed by atoms with Crippen molar-refractivity contribution in [3.8, 4) is 22.3 Å². The standard InChI is InChI=1S/C58H57BN2S/c1-7-9-19-38-27-29-49(43(33-38)40-21-13-11-14-22-40)60-51-35-39(20-10-8-2)34-45-44-36-46-47(58(5,6)32-31-57(46,3)4)37-50(44)61(41-23-15-12-16-24-41)59(55(45)51)48-28-30-53-54(56(48)60)42-25-17-18-26-52(42)62-53/h11-18,21-30,33-37H,7-10,19-20,31-32H2,1-6H3. The molecule has 0 bridgehead atoms. The number of anilines is 5. The second kappa shape index (κ2) is 15.1. The first kappa shape index (κ1) is 39.3. The van der Waals surface area contributed by atoms with Crippen LogP contribution < -0.4 is 20.6 Å². The Labute approximate surface area is 373 Å². The number of hydrogen-bond acceptors (Lipinski definition) is 3. The second-order valence-electron chi connectivity index (χ2n) is 19.6. The number of unbranched alkanes of at least 4 members (excludes halogenated alkanes) is 2. The van der Waals surface area contributed by atoms with Crippen molar-refractivity contribution in [3.63, 3.8) is 0 Å². The van der Waals surface area contributed by atoms with Crippen LogP contribution in [0.3, 0.4) is 0 Å². The van der Waals surface area contributed by atoms with Gasteiger partial charge >= 0.3 is 6.85 Å². The number of nitrogens with zero attached hydrogens (tertiary/aromatic N) is 2. The first-order valence-electron chi connectivity index (χ1n) is 23.3. The maximum absolute atomic E-state index is 2.73. The summed E-state index contributed by atoms with van der Waals surface area (Å²) in [4.78, 5) is 5.46. The van der Waals surface area contributed by atoms with Gasteiger partial charge in [0.2, 0.25) is 0 Å². The zero-order chi connectivity index (χ0) is 42.3. The minimum absolute atomic E-state index is 0.0359. The largest absolute Gasteiger partial charge is 0.376 e. The molecule has 0 fully saturated rings. The Balaban J connectivity index is 1.31. The third-order valence-corrected chi connectivity index (χ3v) is 15.8. The number of benzene rings is 7. The second-order valence-corrected chi connectivity index (χ2v) is 20.7. The quantitative estimate of drug-likeness (QED) is 0.134. The molecule has 4 heteroatoms. The number of para-hydroxylation sites is 1. The third-order valence-electron chi connectivity index (χ3n) is 14.6. The Morgan fingerprint density at radius 2 is 1.23 bits per heavy atom. The van der Waals surface area contributed by atoms with Crippen molar-refractivity contribution in [1.29, 1.82) is 0 Å². The molecule has 2 aliphatic heterocycles. The molecule has 0 radical (unpaired) electrons. The van der Waals surface area contributed by atoms with Crippen molar-refractivity contribution in [3.05, 3.63) is 162 Å². The Kier molecular flexibility index (Phi) is 9.54. The van der Waals surface area contributed by atoms with Gasteiger partial charge in [-0.05, 0) is 148 Å². The van der Waals surface area contributed by atoms with Gasteiger partial charge in [-0.25, -0.2) is 0 Å². The summed E-state index contributed by atoms with van der Waals surface area (Å²) in [5.41, 5.74) is 20.6. The zero-order valence-corrected chi connectivity index (χ0v) is 38.1. The van der Waals surface area contributed by atoms with E-state index in [4.69, 9.17) is 0 Å². The molecular weight excluding hydrogens is 768 g/mol. The van der Waals surface area contributed by atoms with Crippen LogP contribution in [0.5, 0.6) is 0 Å². The molecule has 2 nitrogen and oxygen atoms in total. The molecule has 0 N–H and O–H groups in total. The summed E-state index contributed by atoms with van der Waals surface area (Å²) >= 11 is 1.93. The Morgan fingerprint density at radius 3 is 1.97 bits per heavy atom. The van der Waals surface area contributed by atoms with Crippen molar-refractivity contribution >= 4 is 77.7 Å². The van der Waals surface area contributed by atoms with Gasteiger partial charge in [-0.1, -0.05) is 139 Å². The van der Waals surface area contributed by atoms with E-state index < -0.39 is 0 Å². The molecule has 7 aromatic carbocycles. The van der Waals surface area contributed by atoms with Gasteiger partial charge in [0.05, 0.1) is 11.4 Å².